The Kier molecular flexibility index (Phi) is 3.44. The Hall–Kier alpha value is -1.77. The van der Waals surface area contributed by atoms with E-state index >= 15 is 0 Å². The van der Waals surface area contributed by atoms with Gasteiger partial charge in [0.15, 0.2) is 11.5 Å². The first-order valence-corrected chi connectivity index (χ1v) is 8.02. The maximum absolute atomic E-state index is 9.25. The average Bonchev–Trinajstić information content (AvgIpc) is 3.03. The van der Waals surface area contributed by atoms with Gasteiger partial charge in [-0.05, 0) is 25.0 Å². The van der Waals surface area contributed by atoms with Crippen LogP contribution in [0.4, 0.5) is 5.69 Å². The van der Waals surface area contributed by atoms with E-state index in [1.165, 1.54) is 0 Å². The van der Waals surface area contributed by atoms with Crippen LogP contribution in [-0.2, 0) is 9.47 Å². The highest BCUT2D eigenvalue weighted by Gasteiger charge is 2.42. The number of ether oxygens (including phenoxy) is 3. The highest BCUT2D eigenvalue weighted by atomic mass is 16.7. The molecule has 5 heteroatoms. The molecule has 0 radical (unpaired) electrons. The van der Waals surface area contributed by atoms with E-state index in [-0.39, 0.29) is 5.79 Å². The number of rotatable bonds is 1. The van der Waals surface area contributed by atoms with E-state index in [2.05, 4.69) is 17.0 Å². The van der Waals surface area contributed by atoms with E-state index in [1.807, 2.05) is 12.1 Å². The summed E-state index contributed by atoms with van der Waals surface area (Å²) >= 11 is 0. The van der Waals surface area contributed by atoms with Crippen LogP contribution in [0.2, 0.25) is 0 Å². The zero-order chi connectivity index (χ0) is 15.0. The fourth-order valence-electron chi connectivity index (χ4n) is 3.88. The molecule has 1 spiro atoms. The van der Waals surface area contributed by atoms with E-state index in [9.17, 15) is 5.26 Å². The quantitative estimate of drug-likeness (QED) is 0.797. The molecular formula is C17H20N2O3. The molecule has 0 atom stereocenters. The van der Waals surface area contributed by atoms with Gasteiger partial charge in [0, 0.05) is 18.9 Å². The summed E-state index contributed by atoms with van der Waals surface area (Å²) < 4.78 is 17.4. The van der Waals surface area contributed by atoms with Gasteiger partial charge in [0.1, 0.15) is 12.7 Å². The predicted octanol–water partition coefficient (Wildman–Crippen LogP) is 2.44. The lowest BCUT2D eigenvalue weighted by Crippen LogP contribution is -2.47. The van der Waals surface area contributed by atoms with Crippen LogP contribution in [0.3, 0.4) is 0 Å². The minimum absolute atomic E-state index is 0.319. The van der Waals surface area contributed by atoms with Crippen LogP contribution in [-0.4, -0.2) is 38.2 Å². The van der Waals surface area contributed by atoms with Crippen molar-refractivity contribution in [1.29, 1.82) is 5.26 Å². The molecule has 1 saturated heterocycles. The number of nitrogens with zero attached hydrogens (tertiary/aromatic N) is 2. The number of para-hydroxylation sites is 1. The van der Waals surface area contributed by atoms with Crippen molar-refractivity contribution in [2.45, 2.75) is 37.5 Å². The first kappa shape index (κ1) is 13.9. The molecule has 22 heavy (non-hydrogen) atoms. The summed E-state index contributed by atoms with van der Waals surface area (Å²) in [6.45, 7) is 2.95. The molecule has 0 aromatic heterocycles. The molecule has 4 rings (SSSR count). The molecule has 1 aromatic carbocycles. The molecule has 1 saturated carbocycles. The first-order chi connectivity index (χ1) is 10.8. The van der Waals surface area contributed by atoms with Gasteiger partial charge in [-0.1, -0.05) is 6.07 Å². The van der Waals surface area contributed by atoms with E-state index < -0.39 is 0 Å². The van der Waals surface area contributed by atoms with Gasteiger partial charge in [0.2, 0.25) is 0 Å². The minimum Gasteiger partial charge on any atom is -0.488 e. The predicted molar refractivity (Wildman–Crippen MR) is 80.9 cm³/mol. The number of anilines is 1. The molecule has 1 aliphatic carbocycles. The second-order valence-corrected chi connectivity index (χ2v) is 6.15. The van der Waals surface area contributed by atoms with Crippen molar-refractivity contribution in [2.24, 2.45) is 0 Å². The highest BCUT2D eigenvalue weighted by Crippen LogP contribution is 2.42. The van der Waals surface area contributed by atoms with Crippen LogP contribution in [0.5, 0.6) is 5.75 Å². The van der Waals surface area contributed by atoms with Crippen molar-refractivity contribution in [3.8, 4) is 11.8 Å². The van der Waals surface area contributed by atoms with Crippen molar-refractivity contribution in [1.82, 2.24) is 0 Å². The van der Waals surface area contributed by atoms with Crippen molar-refractivity contribution in [3.63, 3.8) is 0 Å². The Bertz CT molecular complexity index is 594. The molecule has 0 amide bonds. The minimum atomic E-state index is -0.319. The topological polar surface area (TPSA) is 54.7 Å². The van der Waals surface area contributed by atoms with Gasteiger partial charge in [0.25, 0.3) is 0 Å². The molecule has 5 nitrogen and oxygen atoms in total. The van der Waals surface area contributed by atoms with E-state index in [1.54, 1.807) is 0 Å². The summed E-state index contributed by atoms with van der Waals surface area (Å²) in [6, 6.07) is 8.51. The van der Waals surface area contributed by atoms with Gasteiger partial charge >= 0.3 is 0 Å². The monoisotopic (exact) mass is 300 g/mol. The lowest BCUT2D eigenvalue weighted by molar-refractivity contribution is -0.178. The molecule has 2 fully saturated rings. The molecule has 116 valence electrons. The summed E-state index contributed by atoms with van der Waals surface area (Å²) in [4.78, 5) is 2.40. The maximum Gasteiger partial charge on any atom is 0.168 e. The van der Waals surface area contributed by atoms with Crippen LogP contribution in [0.25, 0.3) is 0 Å². The molecule has 0 bridgehead atoms. The van der Waals surface area contributed by atoms with Crippen LogP contribution < -0.4 is 9.64 Å². The lowest BCUT2D eigenvalue weighted by atomic mass is 9.88. The third-order valence-electron chi connectivity index (χ3n) is 4.97. The van der Waals surface area contributed by atoms with E-state index in [0.717, 1.165) is 56.9 Å². The third kappa shape index (κ3) is 2.23. The largest absolute Gasteiger partial charge is 0.488 e. The third-order valence-corrected chi connectivity index (χ3v) is 4.97. The standard InChI is InChI=1S/C17H20N2O3/c18-12-13-2-1-3-15-16(13)20-9-8-19(15)14-4-6-17(7-5-14)21-10-11-22-17/h1-3,14H,4-11H2. The first-order valence-electron chi connectivity index (χ1n) is 8.02. The van der Waals surface area contributed by atoms with Crippen LogP contribution >= 0.6 is 0 Å². The summed E-state index contributed by atoms with van der Waals surface area (Å²) in [5, 5.41) is 9.25. The van der Waals surface area contributed by atoms with Gasteiger partial charge < -0.3 is 19.1 Å². The Morgan fingerprint density at radius 2 is 1.91 bits per heavy atom. The van der Waals surface area contributed by atoms with Gasteiger partial charge in [0.05, 0.1) is 31.0 Å². The number of nitriles is 1. The fraction of sp³-hybridized carbons (Fsp3) is 0.588. The van der Waals surface area contributed by atoms with E-state index in [0.29, 0.717) is 18.2 Å². The normalized spacial score (nSPS) is 23.9. The highest BCUT2D eigenvalue weighted by molar-refractivity contribution is 5.66. The molecule has 0 unspecified atom stereocenters. The van der Waals surface area contributed by atoms with Gasteiger partial charge in [-0.2, -0.15) is 5.26 Å². The summed E-state index contributed by atoms with van der Waals surface area (Å²) in [7, 11) is 0. The maximum atomic E-state index is 9.25. The lowest BCUT2D eigenvalue weighted by Gasteiger charge is -2.43. The van der Waals surface area contributed by atoms with Crippen molar-refractivity contribution in [3.05, 3.63) is 23.8 Å². The van der Waals surface area contributed by atoms with Crippen LogP contribution in [0, 0.1) is 11.3 Å². The zero-order valence-electron chi connectivity index (χ0n) is 12.6. The Labute approximate surface area is 130 Å². The van der Waals surface area contributed by atoms with Gasteiger partial charge in [-0.25, -0.2) is 0 Å². The summed E-state index contributed by atoms with van der Waals surface area (Å²) in [5.74, 6) is 0.421. The smallest absolute Gasteiger partial charge is 0.168 e. The van der Waals surface area contributed by atoms with Crippen molar-refractivity contribution in [2.75, 3.05) is 31.3 Å². The molecular weight excluding hydrogens is 280 g/mol. The summed E-state index contributed by atoms with van der Waals surface area (Å²) in [6.07, 6.45) is 4.00. The Balaban J connectivity index is 1.55. The number of benzene rings is 1. The zero-order valence-corrected chi connectivity index (χ0v) is 12.6. The molecule has 0 N–H and O–H groups in total. The molecule has 2 aliphatic heterocycles. The fourth-order valence-corrected chi connectivity index (χ4v) is 3.88. The molecule has 3 aliphatic rings. The molecule has 2 heterocycles. The van der Waals surface area contributed by atoms with Gasteiger partial charge in [-0.3, -0.25) is 0 Å². The van der Waals surface area contributed by atoms with Gasteiger partial charge in [-0.15, -0.1) is 0 Å². The molecule has 1 aromatic rings. The van der Waals surface area contributed by atoms with Crippen LogP contribution in [0.1, 0.15) is 31.2 Å². The van der Waals surface area contributed by atoms with Crippen LogP contribution in [0.15, 0.2) is 18.2 Å². The SMILES string of the molecule is N#Cc1cccc2c1OCCN2C1CCC2(CC1)OCCO2. The van der Waals surface area contributed by atoms with Crippen molar-refractivity contribution >= 4 is 5.69 Å². The van der Waals surface area contributed by atoms with E-state index in [4.69, 9.17) is 14.2 Å². The average molecular weight is 300 g/mol. The Morgan fingerprint density at radius 3 is 2.64 bits per heavy atom. The Morgan fingerprint density at radius 1 is 1.14 bits per heavy atom. The second-order valence-electron chi connectivity index (χ2n) is 6.15. The van der Waals surface area contributed by atoms with Crippen molar-refractivity contribution < 1.29 is 14.2 Å². The second kappa shape index (κ2) is 5.45. The number of fused-ring (bicyclic) bond motifs is 1. The summed E-state index contributed by atoms with van der Waals surface area (Å²) in [5.41, 5.74) is 1.68. The number of hydrogen-bond donors (Lipinski definition) is 0. The number of hydrogen-bond acceptors (Lipinski definition) is 5.